The molecule has 1 rings (SSSR count). The number of hydrogen-bond acceptors (Lipinski definition) is 8. The Hall–Kier alpha value is -1.33. The Morgan fingerprint density at radius 3 is 1.26 bits per heavy atom. The zero-order valence-corrected chi connectivity index (χ0v) is 42.5. The second-order valence-electron chi connectivity index (χ2n) is 19.7. The summed E-state index contributed by atoms with van der Waals surface area (Å²) in [5.74, 6) is -0.184. The maximum absolute atomic E-state index is 13.0. The number of aliphatic hydroxyl groups excluding tert-OH is 5. The van der Waals surface area contributed by atoms with E-state index in [4.69, 9.17) is 9.47 Å². The largest absolute Gasteiger partial charge is 0.394 e. The molecule has 65 heavy (non-hydrogen) atoms. The lowest BCUT2D eigenvalue weighted by Crippen LogP contribution is -2.60. The standard InChI is InChI=1S/C56H107NO8/c1-3-5-7-9-11-13-15-17-18-19-20-21-22-23-24-25-26-27-28-29-30-31-32-34-35-37-39-41-43-45-50(59)49(48-64-56-55(63)54(62)53(61)51(47-58)65-56)57-52(60)46-44-42-40-38-36-33-16-14-12-10-8-6-4-2/h14,16,43,45,49-51,53-56,58-59,61-63H,3-13,15,17-42,44,46-48H2,1-2H3,(H,57,60)/b16-14-,45-43+. The van der Waals surface area contributed by atoms with E-state index in [-0.39, 0.29) is 12.5 Å². The average molecular weight is 922 g/mol. The molecule has 0 spiro atoms. The fourth-order valence-corrected chi connectivity index (χ4v) is 9.04. The number of carbonyl (C=O) groups is 1. The van der Waals surface area contributed by atoms with Crippen LogP contribution in [0.4, 0.5) is 0 Å². The van der Waals surface area contributed by atoms with Gasteiger partial charge in [0.25, 0.3) is 0 Å². The van der Waals surface area contributed by atoms with E-state index in [1.807, 2.05) is 6.08 Å². The summed E-state index contributed by atoms with van der Waals surface area (Å²) in [5, 5.41) is 54.4. The fraction of sp³-hybridized carbons (Fsp3) is 0.911. The second-order valence-corrected chi connectivity index (χ2v) is 19.7. The van der Waals surface area contributed by atoms with Crippen LogP contribution in [0.1, 0.15) is 271 Å². The highest BCUT2D eigenvalue weighted by Gasteiger charge is 2.44. The van der Waals surface area contributed by atoms with Gasteiger partial charge in [-0.2, -0.15) is 0 Å². The minimum Gasteiger partial charge on any atom is -0.394 e. The number of rotatable bonds is 48. The first-order valence-corrected chi connectivity index (χ1v) is 28.1. The minimum atomic E-state index is -1.57. The monoisotopic (exact) mass is 922 g/mol. The van der Waals surface area contributed by atoms with Crippen LogP contribution in [-0.2, 0) is 14.3 Å². The van der Waals surface area contributed by atoms with E-state index in [9.17, 15) is 30.3 Å². The Bertz CT molecular complexity index is 1070. The van der Waals surface area contributed by atoms with E-state index in [0.717, 1.165) is 57.8 Å². The van der Waals surface area contributed by atoms with Crippen molar-refractivity contribution < 1.29 is 39.8 Å². The van der Waals surface area contributed by atoms with E-state index in [0.29, 0.717) is 6.42 Å². The molecule has 7 atom stereocenters. The maximum Gasteiger partial charge on any atom is 0.220 e. The van der Waals surface area contributed by atoms with Gasteiger partial charge < -0.3 is 40.3 Å². The van der Waals surface area contributed by atoms with Crippen LogP contribution in [0.25, 0.3) is 0 Å². The van der Waals surface area contributed by atoms with Crippen molar-refractivity contribution in [2.45, 2.75) is 314 Å². The molecule has 9 nitrogen and oxygen atoms in total. The first-order chi connectivity index (χ1) is 31.8. The molecule has 1 aliphatic heterocycles. The summed E-state index contributed by atoms with van der Waals surface area (Å²) in [6.07, 6.45) is 51.1. The first-order valence-electron chi connectivity index (χ1n) is 28.1. The first kappa shape index (κ1) is 61.7. The van der Waals surface area contributed by atoms with Crippen LogP contribution < -0.4 is 5.32 Å². The Balaban J connectivity index is 2.17. The molecule has 0 radical (unpaired) electrons. The number of amides is 1. The van der Waals surface area contributed by atoms with Crippen molar-refractivity contribution in [2.24, 2.45) is 0 Å². The zero-order chi connectivity index (χ0) is 47.3. The number of aliphatic hydroxyl groups is 5. The zero-order valence-electron chi connectivity index (χ0n) is 42.5. The average Bonchev–Trinajstić information content (AvgIpc) is 3.31. The molecular weight excluding hydrogens is 815 g/mol. The van der Waals surface area contributed by atoms with Crippen LogP contribution in [0.15, 0.2) is 24.3 Å². The van der Waals surface area contributed by atoms with Crippen molar-refractivity contribution in [2.75, 3.05) is 13.2 Å². The molecule has 0 aromatic heterocycles. The molecule has 1 fully saturated rings. The molecule has 1 saturated heterocycles. The third-order valence-electron chi connectivity index (χ3n) is 13.5. The molecule has 384 valence electrons. The molecule has 0 aliphatic carbocycles. The predicted octanol–water partition coefficient (Wildman–Crippen LogP) is 13.4. The van der Waals surface area contributed by atoms with Crippen molar-refractivity contribution in [3.05, 3.63) is 24.3 Å². The summed E-state index contributed by atoms with van der Waals surface area (Å²) in [7, 11) is 0. The Kier molecular flexibility index (Phi) is 44.0. The van der Waals surface area contributed by atoms with E-state index >= 15 is 0 Å². The molecule has 1 aliphatic rings. The van der Waals surface area contributed by atoms with Gasteiger partial charge in [0.05, 0.1) is 25.4 Å². The van der Waals surface area contributed by atoms with Gasteiger partial charge in [0.2, 0.25) is 5.91 Å². The number of nitrogens with one attached hydrogen (secondary N) is 1. The molecular formula is C56H107NO8. The number of hydrogen-bond donors (Lipinski definition) is 6. The van der Waals surface area contributed by atoms with Crippen LogP contribution in [0, 0.1) is 0 Å². The van der Waals surface area contributed by atoms with Gasteiger partial charge in [-0.3, -0.25) is 4.79 Å². The molecule has 0 aromatic carbocycles. The Morgan fingerprint density at radius 1 is 0.508 bits per heavy atom. The van der Waals surface area contributed by atoms with Gasteiger partial charge in [-0.15, -0.1) is 0 Å². The predicted molar refractivity (Wildman–Crippen MR) is 272 cm³/mol. The van der Waals surface area contributed by atoms with Crippen molar-refractivity contribution in [3.63, 3.8) is 0 Å². The lowest BCUT2D eigenvalue weighted by atomic mass is 9.99. The molecule has 1 heterocycles. The van der Waals surface area contributed by atoms with Crippen LogP contribution in [0.3, 0.4) is 0 Å². The van der Waals surface area contributed by atoms with Crippen LogP contribution >= 0.6 is 0 Å². The van der Waals surface area contributed by atoms with Gasteiger partial charge in [-0.05, 0) is 44.9 Å². The summed E-state index contributed by atoms with van der Waals surface area (Å²) in [5.41, 5.74) is 0. The Labute approximate surface area is 400 Å². The van der Waals surface area contributed by atoms with Crippen molar-refractivity contribution in [3.8, 4) is 0 Å². The molecule has 9 heteroatoms. The third-order valence-corrected chi connectivity index (χ3v) is 13.5. The summed E-state index contributed by atoms with van der Waals surface area (Å²) >= 11 is 0. The number of allylic oxidation sites excluding steroid dienone is 3. The number of carbonyl (C=O) groups excluding carboxylic acids is 1. The fourth-order valence-electron chi connectivity index (χ4n) is 9.04. The molecule has 0 bridgehead atoms. The van der Waals surface area contributed by atoms with E-state index < -0.39 is 49.5 Å². The highest BCUT2D eigenvalue weighted by atomic mass is 16.7. The van der Waals surface area contributed by atoms with Gasteiger partial charge in [-0.1, -0.05) is 244 Å². The van der Waals surface area contributed by atoms with Crippen molar-refractivity contribution in [1.82, 2.24) is 5.32 Å². The quantitative estimate of drug-likeness (QED) is 0.0261. The van der Waals surface area contributed by atoms with Crippen LogP contribution in [0.5, 0.6) is 0 Å². The molecule has 6 N–H and O–H groups in total. The van der Waals surface area contributed by atoms with Gasteiger partial charge in [-0.25, -0.2) is 0 Å². The smallest absolute Gasteiger partial charge is 0.220 e. The Morgan fingerprint density at radius 2 is 0.862 bits per heavy atom. The molecule has 0 aromatic rings. The van der Waals surface area contributed by atoms with Crippen LogP contribution in [0.2, 0.25) is 0 Å². The molecule has 7 unspecified atom stereocenters. The van der Waals surface area contributed by atoms with Crippen molar-refractivity contribution in [1.29, 1.82) is 0 Å². The van der Waals surface area contributed by atoms with Crippen LogP contribution in [-0.4, -0.2) is 87.5 Å². The van der Waals surface area contributed by atoms with Crippen molar-refractivity contribution >= 4 is 5.91 Å². The van der Waals surface area contributed by atoms with Gasteiger partial charge in [0.15, 0.2) is 6.29 Å². The number of unbranched alkanes of at least 4 members (excludes halogenated alkanes) is 36. The summed E-state index contributed by atoms with van der Waals surface area (Å²) in [6.45, 7) is 3.78. The normalized spacial score (nSPS) is 20.0. The maximum atomic E-state index is 13.0. The van der Waals surface area contributed by atoms with E-state index in [2.05, 4.69) is 31.3 Å². The lowest BCUT2D eigenvalue weighted by Gasteiger charge is -2.40. The molecule has 1 amide bonds. The van der Waals surface area contributed by atoms with E-state index in [1.54, 1.807) is 6.08 Å². The second kappa shape index (κ2) is 46.4. The van der Waals surface area contributed by atoms with E-state index in [1.165, 1.54) is 193 Å². The molecule has 0 saturated carbocycles. The summed E-state index contributed by atoms with van der Waals surface area (Å²) < 4.78 is 11.2. The minimum absolute atomic E-state index is 0.184. The highest BCUT2D eigenvalue weighted by Crippen LogP contribution is 2.23. The van der Waals surface area contributed by atoms with Gasteiger partial charge in [0, 0.05) is 6.42 Å². The topological polar surface area (TPSA) is 149 Å². The van der Waals surface area contributed by atoms with Gasteiger partial charge in [0.1, 0.15) is 24.4 Å². The lowest BCUT2D eigenvalue weighted by molar-refractivity contribution is -0.302. The number of ether oxygens (including phenoxy) is 2. The highest BCUT2D eigenvalue weighted by molar-refractivity contribution is 5.76. The summed E-state index contributed by atoms with van der Waals surface area (Å²) in [4.78, 5) is 13.0. The van der Waals surface area contributed by atoms with Gasteiger partial charge >= 0.3 is 0 Å². The SMILES string of the molecule is CCCCCC/C=C\CCCCCCCC(=O)NC(COC1OC(CO)C(O)C(O)C1O)C(O)/C=C/CCCCCCCCCCCCCCCCCCCCCCCCCCCCC. The summed E-state index contributed by atoms with van der Waals surface area (Å²) in [6, 6.07) is -0.807. The third kappa shape index (κ3) is 36.3.